The van der Waals surface area contributed by atoms with E-state index in [0.717, 1.165) is 0 Å². The van der Waals surface area contributed by atoms with Gasteiger partial charge in [-0.15, -0.1) is 0 Å². The summed E-state index contributed by atoms with van der Waals surface area (Å²) in [6.07, 6.45) is 0.295. The van der Waals surface area contributed by atoms with Crippen LogP contribution < -0.4 is 5.32 Å². The summed E-state index contributed by atoms with van der Waals surface area (Å²) in [5.74, 6) is -0.568. The van der Waals surface area contributed by atoms with E-state index in [2.05, 4.69) is 5.32 Å². The van der Waals surface area contributed by atoms with Crippen LogP contribution in [0.3, 0.4) is 0 Å². The molecule has 1 heterocycles. The van der Waals surface area contributed by atoms with Crippen molar-refractivity contribution in [3.63, 3.8) is 0 Å². The normalized spacial score (nSPS) is 16.5. The average molecular weight is 198 g/mol. The number of rotatable bonds is 3. The number of ether oxygens (including phenoxy) is 1. The number of nitrogens with zero attached hydrogens (tertiary/aromatic N) is 1. The molecule has 2 radical (unpaired) electrons. The monoisotopic (exact) mass is 198 g/mol. The van der Waals surface area contributed by atoms with Crippen LogP contribution in [0.5, 0.6) is 0 Å². The van der Waals surface area contributed by atoms with E-state index in [0.29, 0.717) is 39.3 Å². The summed E-state index contributed by atoms with van der Waals surface area (Å²) in [7, 11) is 0. The Morgan fingerprint density at radius 3 is 2.57 bits per heavy atom. The lowest BCUT2D eigenvalue weighted by molar-refractivity contribution is -0.135. The van der Waals surface area contributed by atoms with Gasteiger partial charge >= 0.3 is 0 Å². The van der Waals surface area contributed by atoms with Crippen LogP contribution >= 0.6 is 0 Å². The zero-order valence-corrected chi connectivity index (χ0v) is 7.99. The first kappa shape index (κ1) is 11.0. The third-order valence-corrected chi connectivity index (χ3v) is 2.00. The predicted molar refractivity (Wildman–Crippen MR) is 49.3 cm³/mol. The first-order valence-corrected chi connectivity index (χ1v) is 4.59. The lowest BCUT2D eigenvalue weighted by atomic mass is 10.3. The molecule has 0 aliphatic carbocycles. The zero-order valence-electron chi connectivity index (χ0n) is 7.99. The van der Waals surface area contributed by atoms with Gasteiger partial charge in [-0.3, -0.25) is 9.59 Å². The Bertz CT molecular complexity index is 212. The predicted octanol–water partition coefficient (Wildman–Crippen LogP) is -0.937. The van der Waals surface area contributed by atoms with Crippen molar-refractivity contribution in [1.82, 2.24) is 10.2 Å². The van der Waals surface area contributed by atoms with E-state index in [1.807, 2.05) is 0 Å². The van der Waals surface area contributed by atoms with E-state index in [9.17, 15) is 9.59 Å². The molecule has 0 bridgehead atoms. The molecule has 0 atom stereocenters. The van der Waals surface area contributed by atoms with Crippen molar-refractivity contribution in [2.45, 2.75) is 6.42 Å². The molecule has 0 aromatic rings. The molecule has 0 aromatic carbocycles. The molecule has 0 aromatic heterocycles. The van der Waals surface area contributed by atoms with E-state index >= 15 is 0 Å². The quantitative estimate of drug-likeness (QED) is 0.637. The van der Waals surface area contributed by atoms with Crippen molar-refractivity contribution in [3.05, 3.63) is 6.92 Å². The number of nitrogens with one attached hydrogen (secondary N) is 1. The Morgan fingerprint density at radius 2 is 2.00 bits per heavy atom. The van der Waals surface area contributed by atoms with Crippen molar-refractivity contribution in [2.24, 2.45) is 0 Å². The standard InChI is InChI=1S/C9H14N2O3/c1-8(12)10-3-2-9(13)11-4-6-14-7-5-11/h1H,2-7H2,(H,10,12). The van der Waals surface area contributed by atoms with Gasteiger partial charge in [0.15, 0.2) is 0 Å². The number of carbonyl (C=O) groups excluding carboxylic acids is 2. The number of carbonyl (C=O) groups is 2. The van der Waals surface area contributed by atoms with Crippen molar-refractivity contribution in [2.75, 3.05) is 32.8 Å². The minimum atomic E-state index is -0.597. The molecule has 0 spiro atoms. The number of morpholine rings is 1. The molecule has 78 valence electrons. The highest BCUT2D eigenvalue weighted by molar-refractivity contribution is 5.81. The SMILES string of the molecule is [CH]C(=O)NCCC(=O)N1CCOCC1. The van der Waals surface area contributed by atoms with Gasteiger partial charge in [-0.1, -0.05) is 0 Å². The molecule has 5 nitrogen and oxygen atoms in total. The number of hydrogen-bond acceptors (Lipinski definition) is 3. The first-order valence-electron chi connectivity index (χ1n) is 4.59. The van der Waals surface area contributed by atoms with Crippen molar-refractivity contribution >= 4 is 11.8 Å². The van der Waals surface area contributed by atoms with Crippen LogP contribution in [0.25, 0.3) is 0 Å². The van der Waals surface area contributed by atoms with E-state index in [-0.39, 0.29) is 5.91 Å². The van der Waals surface area contributed by atoms with Crippen LogP contribution in [0.15, 0.2) is 0 Å². The fourth-order valence-corrected chi connectivity index (χ4v) is 1.26. The summed E-state index contributed by atoms with van der Waals surface area (Å²) >= 11 is 0. The topological polar surface area (TPSA) is 58.6 Å². The summed E-state index contributed by atoms with van der Waals surface area (Å²) in [6, 6.07) is 0. The van der Waals surface area contributed by atoms with E-state index in [1.165, 1.54) is 0 Å². The van der Waals surface area contributed by atoms with Crippen LogP contribution in [-0.4, -0.2) is 49.6 Å². The highest BCUT2D eigenvalue weighted by atomic mass is 16.5. The van der Waals surface area contributed by atoms with Crippen LogP contribution in [0.4, 0.5) is 0 Å². The largest absolute Gasteiger partial charge is 0.378 e. The van der Waals surface area contributed by atoms with Crippen molar-refractivity contribution in [3.8, 4) is 0 Å². The summed E-state index contributed by atoms with van der Waals surface area (Å²) in [5, 5.41) is 2.38. The summed E-state index contributed by atoms with van der Waals surface area (Å²) < 4.78 is 5.11. The molecule has 14 heavy (non-hydrogen) atoms. The average Bonchev–Trinajstić information content (AvgIpc) is 2.18. The summed E-state index contributed by atoms with van der Waals surface area (Å²) in [5.41, 5.74) is 0. The summed E-state index contributed by atoms with van der Waals surface area (Å²) in [4.78, 5) is 23.5. The minimum absolute atomic E-state index is 0.0297. The third kappa shape index (κ3) is 3.74. The maximum Gasteiger partial charge on any atom is 0.224 e. The fourth-order valence-electron chi connectivity index (χ4n) is 1.26. The Hall–Kier alpha value is -1.10. The second-order valence-electron chi connectivity index (χ2n) is 3.03. The Labute approximate surface area is 83.4 Å². The fraction of sp³-hybridized carbons (Fsp3) is 0.667. The Morgan fingerprint density at radius 1 is 1.36 bits per heavy atom. The molecule has 1 N–H and O–H groups in total. The Balaban J connectivity index is 2.16. The molecular weight excluding hydrogens is 184 g/mol. The van der Waals surface area contributed by atoms with Crippen molar-refractivity contribution < 1.29 is 14.3 Å². The molecule has 0 unspecified atom stereocenters. The Kier molecular flexibility index (Phi) is 4.39. The highest BCUT2D eigenvalue weighted by Crippen LogP contribution is 1.99. The second-order valence-corrected chi connectivity index (χ2v) is 3.03. The molecule has 0 saturated carbocycles. The highest BCUT2D eigenvalue weighted by Gasteiger charge is 2.15. The second kappa shape index (κ2) is 5.59. The van der Waals surface area contributed by atoms with E-state index in [4.69, 9.17) is 11.7 Å². The molecule has 1 aliphatic heterocycles. The molecular formula is C9H14N2O3. The van der Waals surface area contributed by atoms with Gasteiger partial charge < -0.3 is 15.0 Å². The smallest absolute Gasteiger partial charge is 0.224 e. The van der Waals surface area contributed by atoms with E-state index < -0.39 is 5.91 Å². The van der Waals surface area contributed by atoms with Gasteiger partial charge in [-0.2, -0.15) is 0 Å². The number of hydrogen-bond donors (Lipinski definition) is 1. The van der Waals surface area contributed by atoms with Gasteiger partial charge in [0.25, 0.3) is 0 Å². The van der Waals surface area contributed by atoms with Gasteiger partial charge in [-0.25, -0.2) is 0 Å². The van der Waals surface area contributed by atoms with Crippen molar-refractivity contribution in [1.29, 1.82) is 0 Å². The van der Waals surface area contributed by atoms with Gasteiger partial charge in [0.1, 0.15) is 0 Å². The van der Waals surface area contributed by atoms with Crippen LogP contribution in [0.1, 0.15) is 6.42 Å². The lowest BCUT2D eigenvalue weighted by Crippen LogP contribution is -2.41. The van der Waals surface area contributed by atoms with E-state index in [1.54, 1.807) is 4.90 Å². The molecule has 1 fully saturated rings. The molecule has 5 heteroatoms. The van der Waals surface area contributed by atoms with Crippen LogP contribution in [0, 0.1) is 6.92 Å². The van der Waals surface area contributed by atoms with Gasteiger partial charge in [0.05, 0.1) is 20.1 Å². The molecule has 2 amide bonds. The van der Waals surface area contributed by atoms with Gasteiger partial charge in [-0.05, 0) is 0 Å². The maximum absolute atomic E-state index is 11.5. The molecule has 1 rings (SSSR count). The van der Waals surface area contributed by atoms with Crippen LogP contribution in [-0.2, 0) is 14.3 Å². The maximum atomic E-state index is 11.5. The zero-order chi connectivity index (χ0) is 10.4. The third-order valence-electron chi connectivity index (χ3n) is 2.00. The van der Waals surface area contributed by atoms with Gasteiger partial charge in [0, 0.05) is 26.1 Å². The first-order chi connectivity index (χ1) is 6.70. The molecule has 1 saturated heterocycles. The van der Waals surface area contributed by atoms with Gasteiger partial charge in [0.2, 0.25) is 11.8 Å². The molecule has 1 aliphatic rings. The minimum Gasteiger partial charge on any atom is -0.378 e. The number of amides is 2. The summed E-state index contributed by atoms with van der Waals surface area (Å²) in [6.45, 7) is 7.61. The van der Waals surface area contributed by atoms with Crippen LogP contribution in [0.2, 0.25) is 0 Å². The lowest BCUT2D eigenvalue weighted by Gasteiger charge is -2.26.